The van der Waals surface area contributed by atoms with E-state index in [0.717, 1.165) is 32.1 Å². The zero-order chi connectivity index (χ0) is 24.0. The lowest BCUT2D eigenvalue weighted by Crippen LogP contribution is -2.43. The molecule has 1 amide bonds. The van der Waals surface area contributed by atoms with E-state index in [1.807, 2.05) is 75.4 Å². The standard InChI is InChI=1S/C22H22N2O4S.C3H9N/c1-2-28-16-7-8-18-17(9-16)24-19(29-18)13-23-21(27)22(12-20(25)26)10-14-5-3-4-6-15(14)11-22;1-4(2)3/h3-9H,2,10-13H2,1H3,(H,23,27)(H,25,26);1-3H3. The van der Waals surface area contributed by atoms with Crippen molar-refractivity contribution in [1.29, 1.82) is 0 Å². The number of carbonyl (C=O) groups is 2. The molecule has 0 saturated heterocycles. The molecule has 2 aromatic carbocycles. The first-order valence-corrected chi connectivity index (χ1v) is 11.7. The van der Waals surface area contributed by atoms with Crippen LogP contribution in [0.15, 0.2) is 42.5 Å². The maximum atomic E-state index is 13.1. The van der Waals surface area contributed by atoms with Gasteiger partial charge in [0.1, 0.15) is 10.8 Å². The molecule has 0 unspecified atom stereocenters. The van der Waals surface area contributed by atoms with E-state index in [4.69, 9.17) is 4.74 Å². The minimum absolute atomic E-state index is 0.189. The number of thiazole rings is 1. The van der Waals surface area contributed by atoms with E-state index in [2.05, 4.69) is 10.3 Å². The summed E-state index contributed by atoms with van der Waals surface area (Å²) < 4.78 is 6.53. The van der Waals surface area contributed by atoms with Gasteiger partial charge in [-0.15, -0.1) is 11.3 Å². The molecule has 1 aliphatic carbocycles. The fourth-order valence-corrected chi connectivity index (χ4v) is 4.87. The SMILES string of the molecule is CCOc1ccc2sc(CNC(=O)C3(CC(=O)O)Cc4ccccc4C3)nc2c1.CN(C)C. The summed E-state index contributed by atoms with van der Waals surface area (Å²) >= 11 is 1.51. The van der Waals surface area contributed by atoms with Gasteiger partial charge in [0.05, 0.1) is 35.2 Å². The quantitative estimate of drug-likeness (QED) is 0.548. The number of benzene rings is 2. The summed E-state index contributed by atoms with van der Waals surface area (Å²) in [6.45, 7) is 2.80. The Balaban J connectivity index is 0.000000709. The Morgan fingerprint density at radius 3 is 2.36 bits per heavy atom. The molecular weight excluding hydrogens is 438 g/mol. The number of aliphatic carboxylic acids is 1. The summed E-state index contributed by atoms with van der Waals surface area (Å²) in [5.41, 5.74) is 1.98. The van der Waals surface area contributed by atoms with E-state index in [9.17, 15) is 14.7 Å². The maximum Gasteiger partial charge on any atom is 0.304 e. The Bertz CT molecular complexity index is 1100. The van der Waals surface area contributed by atoms with Crippen LogP contribution in [0.1, 0.15) is 29.5 Å². The number of amides is 1. The molecule has 1 heterocycles. The van der Waals surface area contributed by atoms with Crippen LogP contribution in [0.5, 0.6) is 5.75 Å². The highest BCUT2D eigenvalue weighted by atomic mass is 32.1. The minimum Gasteiger partial charge on any atom is -0.494 e. The number of carboxylic acids is 1. The van der Waals surface area contributed by atoms with Crippen molar-refractivity contribution < 1.29 is 19.4 Å². The Morgan fingerprint density at radius 1 is 1.15 bits per heavy atom. The number of nitrogens with one attached hydrogen (secondary N) is 1. The fourth-order valence-electron chi connectivity index (χ4n) is 3.98. The fraction of sp³-hybridized carbons (Fsp3) is 0.400. The van der Waals surface area contributed by atoms with Gasteiger partial charge in [0.2, 0.25) is 5.91 Å². The van der Waals surface area contributed by atoms with E-state index >= 15 is 0 Å². The number of carboxylic acid groups (broad SMARTS) is 1. The van der Waals surface area contributed by atoms with Crippen LogP contribution >= 0.6 is 11.3 Å². The Morgan fingerprint density at radius 2 is 1.79 bits per heavy atom. The minimum atomic E-state index is -0.962. The Labute approximate surface area is 198 Å². The third kappa shape index (κ3) is 6.30. The lowest BCUT2D eigenvalue weighted by molar-refractivity contribution is -0.145. The summed E-state index contributed by atoms with van der Waals surface area (Å²) in [5, 5.41) is 13.1. The maximum absolute atomic E-state index is 13.1. The molecule has 0 atom stereocenters. The Kier molecular flexibility index (Phi) is 8.05. The molecule has 0 bridgehead atoms. The van der Waals surface area contributed by atoms with E-state index < -0.39 is 11.4 Å². The highest BCUT2D eigenvalue weighted by Crippen LogP contribution is 2.40. The van der Waals surface area contributed by atoms with Crippen LogP contribution in [0.3, 0.4) is 0 Å². The molecule has 33 heavy (non-hydrogen) atoms. The number of rotatable bonds is 7. The van der Waals surface area contributed by atoms with Crippen molar-refractivity contribution in [3.05, 3.63) is 58.6 Å². The van der Waals surface area contributed by atoms with Crippen molar-refractivity contribution in [2.45, 2.75) is 32.7 Å². The lowest BCUT2D eigenvalue weighted by Gasteiger charge is -2.25. The monoisotopic (exact) mass is 469 g/mol. The molecule has 1 aliphatic rings. The number of ether oxygens (including phenoxy) is 1. The number of nitrogens with zero attached hydrogens (tertiary/aromatic N) is 2. The number of aromatic nitrogens is 1. The molecule has 7 nitrogen and oxygen atoms in total. The van der Waals surface area contributed by atoms with Gasteiger partial charge in [0.25, 0.3) is 0 Å². The smallest absolute Gasteiger partial charge is 0.304 e. The summed E-state index contributed by atoms with van der Waals surface area (Å²) in [5.74, 6) is -0.424. The predicted molar refractivity (Wildman–Crippen MR) is 131 cm³/mol. The molecule has 2 N–H and O–H groups in total. The van der Waals surface area contributed by atoms with Crippen LogP contribution in [0.2, 0.25) is 0 Å². The van der Waals surface area contributed by atoms with E-state index in [1.54, 1.807) is 0 Å². The van der Waals surface area contributed by atoms with Gasteiger partial charge in [-0.1, -0.05) is 24.3 Å². The molecule has 4 rings (SSSR count). The van der Waals surface area contributed by atoms with Gasteiger partial charge in [0.15, 0.2) is 0 Å². The van der Waals surface area contributed by atoms with Crippen LogP contribution < -0.4 is 10.1 Å². The molecule has 0 radical (unpaired) electrons. The van der Waals surface area contributed by atoms with Gasteiger partial charge in [-0.2, -0.15) is 0 Å². The average molecular weight is 470 g/mol. The molecule has 0 saturated carbocycles. The van der Waals surface area contributed by atoms with Crippen LogP contribution in [-0.4, -0.2) is 54.6 Å². The third-order valence-corrected chi connectivity index (χ3v) is 6.30. The largest absolute Gasteiger partial charge is 0.494 e. The number of hydrogen-bond acceptors (Lipinski definition) is 6. The van der Waals surface area contributed by atoms with E-state index in [1.165, 1.54) is 11.3 Å². The van der Waals surface area contributed by atoms with Crippen LogP contribution in [0.25, 0.3) is 10.2 Å². The van der Waals surface area contributed by atoms with Crippen LogP contribution in [0, 0.1) is 5.41 Å². The second-order valence-electron chi connectivity index (χ2n) is 8.67. The number of hydrogen-bond donors (Lipinski definition) is 2. The molecule has 3 aromatic rings. The first-order valence-electron chi connectivity index (χ1n) is 10.9. The second kappa shape index (κ2) is 10.8. The van der Waals surface area contributed by atoms with Gasteiger partial charge in [-0.05, 0) is 64.2 Å². The van der Waals surface area contributed by atoms with Crippen LogP contribution in [-0.2, 0) is 29.0 Å². The average Bonchev–Trinajstić information content (AvgIpc) is 3.32. The molecule has 1 aromatic heterocycles. The molecule has 0 fully saturated rings. The molecular formula is C25H31N3O4S. The van der Waals surface area contributed by atoms with Crippen LogP contribution in [0.4, 0.5) is 0 Å². The van der Waals surface area contributed by atoms with Gasteiger partial charge in [-0.3, -0.25) is 9.59 Å². The van der Waals surface area contributed by atoms with E-state index in [0.29, 0.717) is 19.4 Å². The Hall–Kier alpha value is -2.97. The molecule has 0 aliphatic heterocycles. The molecule has 176 valence electrons. The van der Waals surface area contributed by atoms with Gasteiger partial charge in [0, 0.05) is 6.07 Å². The van der Waals surface area contributed by atoms with Crippen molar-refractivity contribution in [2.75, 3.05) is 27.7 Å². The second-order valence-corrected chi connectivity index (χ2v) is 9.78. The zero-order valence-corrected chi connectivity index (χ0v) is 20.4. The molecule has 0 spiro atoms. The number of fused-ring (bicyclic) bond motifs is 2. The zero-order valence-electron chi connectivity index (χ0n) is 19.6. The first-order chi connectivity index (χ1) is 15.7. The van der Waals surface area contributed by atoms with Crippen molar-refractivity contribution in [2.24, 2.45) is 5.41 Å². The summed E-state index contributed by atoms with van der Waals surface area (Å²) in [6, 6.07) is 13.5. The molecule has 8 heteroatoms. The van der Waals surface area contributed by atoms with Crippen molar-refractivity contribution >= 4 is 33.4 Å². The third-order valence-electron chi connectivity index (χ3n) is 5.26. The summed E-state index contributed by atoms with van der Waals surface area (Å²) in [7, 11) is 6.00. The van der Waals surface area contributed by atoms with Gasteiger partial charge < -0.3 is 20.1 Å². The predicted octanol–water partition coefficient (Wildman–Crippen LogP) is 3.75. The van der Waals surface area contributed by atoms with Gasteiger partial charge >= 0.3 is 5.97 Å². The summed E-state index contributed by atoms with van der Waals surface area (Å²) in [4.78, 5) is 31.2. The van der Waals surface area contributed by atoms with Crippen molar-refractivity contribution in [3.63, 3.8) is 0 Å². The van der Waals surface area contributed by atoms with Crippen molar-refractivity contribution in [1.82, 2.24) is 15.2 Å². The van der Waals surface area contributed by atoms with Crippen molar-refractivity contribution in [3.8, 4) is 5.75 Å². The highest BCUT2D eigenvalue weighted by Gasteiger charge is 2.45. The van der Waals surface area contributed by atoms with Gasteiger partial charge in [-0.25, -0.2) is 4.98 Å². The highest BCUT2D eigenvalue weighted by molar-refractivity contribution is 7.18. The number of carbonyl (C=O) groups excluding carboxylic acids is 1. The topological polar surface area (TPSA) is 91.8 Å². The van der Waals surface area contributed by atoms with E-state index in [-0.39, 0.29) is 18.9 Å². The first kappa shape index (κ1) is 24.7. The normalized spacial score (nSPS) is 13.8. The summed E-state index contributed by atoms with van der Waals surface area (Å²) in [6.07, 6.45) is 0.697. The lowest BCUT2D eigenvalue weighted by atomic mass is 9.80.